The number of hydrogen-bond acceptors (Lipinski definition) is 5. The lowest BCUT2D eigenvalue weighted by molar-refractivity contribution is 0.0859. The summed E-state index contributed by atoms with van der Waals surface area (Å²) in [6.45, 7) is 0.654. The van der Waals surface area contributed by atoms with Crippen molar-refractivity contribution in [1.29, 1.82) is 0 Å². The van der Waals surface area contributed by atoms with Crippen molar-refractivity contribution in [1.82, 2.24) is 9.78 Å². The van der Waals surface area contributed by atoms with Gasteiger partial charge in [-0.1, -0.05) is 0 Å². The fraction of sp³-hybridized carbons (Fsp3) is 0.412. The highest BCUT2D eigenvalue weighted by Crippen LogP contribution is 2.35. The van der Waals surface area contributed by atoms with Gasteiger partial charge in [-0.05, 0) is 49.4 Å². The van der Waals surface area contributed by atoms with E-state index in [2.05, 4.69) is 10.4 Å². The average molecular weight is 329 g/mol. The minimum atomic E-state index is -0.450. The van der Waals surface area contributed by atoms with Crippen molar-refractivity contribution < 1.29 is 9.18 Å². The van der Waals surface area contributed by atoms with Crippen LogP contribution in [0, 0.1) is 5.82 Å². The van der Waals surface area contributed by atoms with Gasteiger partial charge in [0.1, 0.15) is 11.6 Å². The Bertz CT molecular complexity index is 816. The smallest absolute Gasteiger partial charge is 0.256 e. The van der Waals surface area contributed by atoms with E-state index in [0.717, 1.165) is 29.8 Å². The van der Waals surface area contributed by atoms with Gasteiger partial charge in [0.15, 0.2) is 0 Å². The van der Waals surface area contributed by atoms with E-state index in [9.17, 15) is 9.18 Å². The number of aromatic nitrogens is 2. The summed E-state index contributed by atoms with van der Waals surface area (Å²) in [5.41, 5.74) is 15.4. The van der Waals surface area contributed by atoms with E-state index in [4.69, 9.17) is 11.5 Å². The first kappa shape index (κ1) is 15.1. The molecule has 24 heavy (non-hydrogen) atoms. The molecule has 0 amide bonds. The fourth-order valence-corrected chi connectivity index (χ4v) is 3.68. The molecule has 0 bridgehead atoms. The standard InChI is InChI=1S/C17H20FN5O/c18-9-1-3-14-12(7-9)11(5-6-21-14)17(24)23-16(20)13-8-10(19)2-4-15(13)22-23/h1,3,7,10-11,21H,2,4-6,8,19-20H2/t10-,11-/m0/s1. The molecular weight excluding hydrogens is 309 g/mol. The molecule has 4 rings (SSSR count). The van der Waals surface area contributed by atoms with E-state index in [1.807, 2.05) is 0 Å². The Morgan fingerprint density at radius 2 is 2.21 bits per heavy atom. The number of aryl methyl sites for hydroxylation is 1. The average Bonchev–Trinajstić information content (AvgIpc) is 2.90. The molecule has 1 aromatic heterocycles. The first-order valence-electron chi connectivity index (χ1n) is 8.24. The van der Waals surface area contributed by atoms with Crippen molar-refractivity contribution >= 4 is 17.4 Å². The Labute approximate surface area is 139 Å². The van der Waals surface area contributed by atoms with Crippen LogP contribution in [-0.2, 0) is 12.8 Å². The van der Waals surface area contributed by atoms with E-state index in [1.54, 1.807) is 6.07 Å². The van der Waals surface area contributed by atoms with E-state index >= 15 is 0 Å². The summed E-state index contributed by atoms with van der Waals surface area (Å²) in [5.74, 6) is -0.631. The number of carbonyl (C=O) groups excluding carboxylic acids is 1. The zero-order chi connectivity index (χ0) is 16.8. The Balaban J connectivity index is 1.72. The Hall–Kier alpha value is -2.41. The van der Waals surface area contributed by atoms with Crippen LogP contribution in [0.15, 0.2) is 18.2 Å². The molecule has 1 aliphatic heterocycles. The first-order chi connectivity index (χ1) is 11.5. The van der Waals surface area contributed by atoms with Gasteiger partial charge >= 0.3 is 0 Å². The topological polar surface area (TPSA) is 99.0 Å². The Morgan fingerprint density at radius 3 is 3.04 bits per heavy atom. The number of halogens is 1. The minimum absolute atomic E-state index is 0.0567. The van der Waals surface area contributed by atoms with Gasteiger partial charge in [-0.3, -0.25) is 4.79 Å². The monoisotopic (exact) mass is 329 g/mol. The maximum atomic E-state index is 13.6. The predicted octanol–water partition coefficient (Wildman–Crippen LogP) is 1.66. The number of nitrogens with zero attached hydrogens (tertiary/aromatic N) is 2. The molecule has 126 valence electrons. The second-order valence-electron chi connectivity index (χ2n) is 6.56. The van der Waals surface area contributed by atoms with Crippen LogP contribution in [-0.4, -0.2) is 28.3 Å². The summed E-state index contributed by atoms with van der Waals surface area (Å²) in [4.78, 5) is 13.0. The molecule has 1 aliphatic carbocycles. The second-order valence-corrected chi connectivity index (χ2v) is 6.56. The van der Waals surface area contributed by atoms with Gasteiger partial charge in [0.05, 0.1) is 11.6 Å². The molecule has 0 radical (unpaired) electrons. The van der Waals surface area contributed by atoms with Crippen molar-refractivity contribution in [2.45, 2.75) is 37.6 Å². The van der Waals surface area contributed by atoms with E-state index < -0.39 is 5.92 Å². The van der Waals surface area contributed by atoms with E-state index in [1.165, 1.54) is 16.8 Å². The fourth-order valence-electron chi connectivity index (χ4n) is 3.68. The normalized spacial score (nSPS) is 22.4. The summed E-state index contributed by atoms with van der Waals surface area (Å²) in [5, 5.41) is 7.63. The summed E-state index contributed by atoms with van der Waals surface area (Å²) >= 11 is 0. The minimum Gasteiger partial charge on any atom is -0.385 e. The van der Waals surface area contributed by atoms with Crippen LogP contribution in [0.2, 0.25) is 0 Å². The van der Waals surface area contributed by atoms with E-state index in [-0.39, 0.29) is 17.8 Å². The first-order valence-corrected chi connectivity index (χ1v) is 8.24. The number of anilines is 2. The zero-order valence-electron chi connectivity index (χ0n) is 13.3. The molecule has 0 saturated heterocycles. The Kier molecular flexibility index (Phi) is 3.53. The lowest BCUT2D eigenvalue weighted by Crippen LogP contribution is -2.28. The van der Waals surface area contributed by atoms with Gasteiger partial charge in [-0.2, -0.15) is 9.78 Å². The lowest BCUT2D eigenvalue weighted by Gasteiger charge is -2.25. The summed E-state index contributed by atoms with van der Waals surface area (Å²) in [6, 6.07) is 4.53. The van der Waals surface area contributed by atoms with Crippen LogP contribution < -0.4 is 16.8 Å². The van der Waals surface area contributed by atoms with Gasteiger partial charge in [0.2, 0.25) is 0 Å². The number of hydrogen-bond donors (Lipinski definition) is 3. The third-order valence-corrected chi connectivity index (χ3v) is 4.97. The molecule has 2 aliphatic rings. The zero-order valence-corrected chi connectivity index (χ0v) is 13.3. The molecule has 0 fully saturated rings. The van der Waals surface area contributed by atoms with Gasteiger partial charge in [0.25, 0.3) is 5.91 Å². The molecule has 6 nitrogen and oxygen atoms in total. The van der Waals surface area contributed by atoms with Crippen LogP contribution in [0.25, 0.3) is 0 Å². The summed E-state index contributed by atoms with van der Waals surface area (Å²) < 4.78 is 14.9. The molecule has 2 heterocycles. The van der Waals surface area contributed by atoms with Crippen LogP contribution >= 0.6 is 0 Å². The van der Waals surface area contributed by atoms with Gasteiger partial charge < -0.3 is 16.8 Å². The molecule has 2 aromatic rings. The number of nitrogens with two attached hydrogens (primary N) is 2. The third kappa shape index (κ3) is 2.36. The van der Waals surface area contributed by atoms with Gasteiger partial charge in [0, 0.05) is 23.8 Å². The lowest BCUT2D eigenvalue weighted by atomic mass is 9.90. The SMILES string of the molecule is Nc1c2c(nn1C(=O)[C@H]1CCNc3ccc(F)cc31)CC[C@H](N)C2. The number of nitrogen functional groups attached to an aromatic ring is 1. The van der Waals surface area contributed by atoms with Crippen LogP contribution in [0.4, 0.5) is 15.9 Å². The molecule has 1 aromatic carbocycles. The maximum absolute atomic E-state index is 13.6. The molecule has 0 unspecified atom stereocenters. The number of fused-ring (bicyclic) bond motifs is 2. The number of rotatable bonds is 1. The number of carbonyl (C=O) groups is 1. The second kappa shape index (κ2) is 5.59. The number of benzene rings is 1. The van der Waals surface area contributed by atoms with Gasteiger partial charge in [-0.15, -0.1) is 0 Å². The van der Waals surface area contributed by atoms with Crippen LogP contribution in [0.3, 0.4) is 0 Å². The summed E-state index contributed by atoms with van der Waals surface area (Å²) in [7, 11) is 0. The van der Waals surface area contributed by atoms with Crippen LogP contribution in [0.1, 0.15) is 40.4 Å². The largest absolute Gasteiger partial charge is 0.385 e. The van der Waals surface area contributed by atoms with Crippen molar-refractivity contribution in [3.05, 3.63) is 40.8 Å². The van der Waals surface area contributed by atoms with Crippen molar-refractivity contribution in [3.8, 4) is 0 Å². The quantitative estimate of drug-likeness (QED) is 0.739. The highest BCUT2D eigenvalue weighted by atomic mass is 19.1. The predicted molar refractivity (Wildman–Crippen MR) is 89.5 cm³/mol. The maximum Gasteiger partial charge on any atom is 0.256 e. The van der Waals surface area contributed by atoms with Crippen molar-refractivity contribution in [2.24, 2.45) is 5.73 Å². The molecule has 0 spiro atoms. The molecular formula is C17H20FN5O. The molecule has 7 heteroatoms. The number of nitrogens with one attached hydrogen (secondary N) is 1. The molecule has 5 N–H and O–H groups in total. The highest BCUT2D eigenvalue weighted by Gasteiger charge is 2.32. The highest BCUT2D eigenvalue weighted by molar-refractivity contribution is 5.90. The van der Waals surface area contributed by atoms with E-state index in [0.29, 0.717) is 30.8 Å². The summed E-state index contributed by atoms with van der Waals surface area (Å²) in [6.07, 6.45) is 2.81. The van der Waals surface area contributed by atoms with Gasteiger partial charge in [-0.25, -0.2) is 4.39 Å². The van der Waals surface area contributed by atoms with Crippen LogP contribution in [0.5, 0.6) is 0 Å². The van der Waals surface area contributed by atoms with Crippen molar-refractivity contribution in [3.63, 3.8) is 0 Å². The third-order valence-electron chi connectivity index (χ3n) is 4.97. The molecule has 2 atom stereocenters. The Morgan fingerprint density at radius 1 is 1.38 bits per heavy atom. The molecule has 0 saturated carbocycles. The van der Waals surface area contributed by atoms with Crippen molar-refractivity contribution in [2.75, 3.05) is 17.6 Å².